The number of pyridine rings is 1. The molecule has 1 heterocycles. The maximum Gasteiger partial charge on any atom is 0.141 e. The molecule has 1 aliphatic rings. The van der Waals surface area contributed by atoms with Crippen molar-refractivity contribution < 1.29 is 4.39 Å². The van der Waals surface area contributed by atoms with Crippen LogP contribution in [0, 0.1) is 5.82 Å². The van der Waals surface area contributed by atoms with Crippen LogP contribution in [0.25, 0.3) is 0 Å². The standard InChI is InChI=1S/C16H17FN2/c1-11(14-7-15(17)10-18-9-14)19-16-6-5-12-3-2-4-13(12)8-16/h5-11,19H,2-4H2,1H3. The van der Waals surface area contributed by atoms with Gasteiger partial charge in [-0.3, -0.25) is 4.98 Å². The van der Waals surface area contributed by atoms with E-state index in [2.05, 4.69) is 28.5 Å². The Hall–Kier alpha value is -1.90. The van der Waals surface area contributed by atoms with E-state index in [1.807, 2.05) is 6.92 Å². The monoisotopic (exact) mass is 256 g/mol. The third-order valence-corrected chi connectivity index (χ3v) is 3.71. The van der Waals surface area contributed by atoms with Gasteiger partial charge >= 0.3 is 0 Å². The van der Waals surface area contributed by atoms with Gasteiger partial charge in [0.05, 0.1) is 12.2 Å². The summed E-state index contributed by atoms with van der Waals surface area (Å²) in [5.41, 5.74) is 4.86. The molecule has 1 atom stereocenters. The van der Waals surface area contributed by atoms with E-state index in [9.17, 15) is 4.39 Å². The zero-order valence-corrected chi connectivity index (χ0v) is 11.0. The van der Waals surface area contributed by atoms with Crippen molar-refractivity contribution in [2.45, 2.75) is 32.2 Å². The highest BCUT2D eigenvalue weighted by Gasteiger charge is 2.12. The van der Waals surface area contributed by atoms with E-state index in [-0.39, 0.29) is 11.9 Å². The van der Waals surface area contributed by atoms with Crippen LogP contribution in [0.4, 0.5) is 10.1 Å². The second-order valence-electron chi connectivity index (χ2n) is 5.14. The number of anilines is 1. The third kappa shape index (κ3) is 2.60. The third-order valence-electron chi connectivity index (χ3n) is 3.71. The number of fused-ring (bicyclic) bond motifs is 1. The minimum Gasteiger partial charge on any atom is -0.378 e. The maximum absolute atomic E-state index is 13.2. The first-order valence-corrected chi connectivity index (χ1v) is 6.71. The lowest BCUT2D eigenvalue weighted by molar-refractivity contribution is 0.616. The number of halogens is 1. The SMILES string of the molecule is CC(Nc1ccc2c(c1)CCC2)c1cncc(F)c1. The van der Waals surface area contributed by atoms with Crippen LogP contribution < -0.4 is 5.32 Å². The Balaban J connectivity index is 1.77. The molecule has 0 spiro atoms. The predicted molar refractivity (Wildman–Crippen MR) is 74.7 cm³/mol. The molecule has 0 amide bonds. The summed E-state index contributed by atoms with van der Waals surface area (Å²) in [6, 6.07) is 8.08. The van der Waals surface area contributed by atoms with Gasteiger partial charge in [-0.15, -0.1) is 0 Å². The van der Waals surface area contributed by atoms with Gasteiger partial charge in [-0.1, -0.05) is 6.07 Å². The molecular weight excluding hydrogens is 239 g/mol. The molecule has 1 N–H and O–H groups in total. The predicted octanol–water partition coefficient (Wildman–Crippen LogP) is 3.88. The second kappa shape index (κ2) is 5.00. The summed E-state index contributed by atoms with van der Waals surface area (Å²) in [7, 11) is 0. The Morgan fingerprint density at radius 2 is 2.00 bits per heavy atom. The normalized spacial score (nSPS) is 15.1. The minimum atomic E-state index is -0.292. The highest BCUT2D eigenvalue weighted by Crippen LogP contribution is 2.27. The summed E-state index contributed by atoms with van der Waals surface area (Å²) in [5, 5.41) is 3.41. The summed E-state index contributed by atoms with van der Waals surface area (Å²) in [6.07, 6.45) is 6.54. The van der Waals surface area contributed by atoms with Crippen LogP contribution >= 0.6 is 0 Å². The van der Waals surface area contributed by atoms with Crippen LogP contribution in [0.1, 0.15) is 36.1 Å². The van der Waals surface area contributed by atoms with Gasteiger partial charge in [0, 0.05) is 11.9 Å². The van der Waals surface area contributed by atoms with E-state index in [1.54, 1.807) is 6.20 Å². The lowest BCUT2D eigenvalue weighted by Gasteiger charge is -2.16. The first kappa shape index (κ1) is 12.2. The fraction of sp³-hybridized carbons (Fsp3) is 0.312. The van der Waals surface area contributed by atoms with Crippen LogP contribution in [0.15, 0.2) is 36.7 Å². The van der Waals surface area contributed by atoms with E-state index in [0.29, 0.717) is 0 Å². The molecule has 1 aromatic heterocycles. The highest BCUT2D eigenvalue weighted by molar-refractivity contribution is 5.51. The Kier molecular flexibility index (Phi) is 3.20. The molecule has 1 aromatic carbocycles. The van der Waals surface area contributed by atoms with Gasteiger partial charge in [0.25, 0.3) is 0 Å². The molecule has 1 unspecified atom stereocenters. The molecule has 0 bridgehead atoms. The second-order valence-corrected chi connectivity index (χ2v) is 5.14. The Morgan fingerprint density at radius 1 is 1.16 bits per heavy atom. The van der Waals surface area contributed by atoms with Crippen LogP contribution in [0.3, 0.4) is 0 Å². The quantitative estimate of drug-likeness (QED) is 0.901. The topological polar surface area (TPSA) is 24.9 Å². The average molecular weight is 256 g/mol. The number of aromatic nitrogens is 1. The molecule has 2 nitrogen and oxygen atoms in total. The minimum absolute atomic E-state index is 0.0441. The molecule has 0 aliphatic heterocycles. The number of hydrogen-bond donors (Lipinski definition) is 1. The highest BCUT2D eigenvalue weighted by atomic mass is 19.1. The van der Waals surface area contributed by atoms with Gasteiger partial charge in [-0.25, -0.2) is 4.39 Å². The van der Waals surface area contributed by atoms with Gasteiger partial charge in [-0.05, 0) is 61.1 Å². The summed E-state index contributed by atoms with van der Waals surface area (Å²) in [4.78, 5) is 3.89. The molecule has 3 rings (SSSR count). The van der Waals surface area contributed by atoms with Crippen LogP contribution in [0.5, 0.6) is 0 Å². The first-order valence-electron chi connectivity index (χ1n) is 6.71. The van der Waals surface area contributed by atoms with E-state index in [0.717, 1.165) is 11.3 Å². The number of hydrogen-bond acceptors (Lipinski definition) is 2. The zero-order chi connectivity index (χ0) is 13.2. The number of rotatable bonds is 3. The van der Waals surface area contributed by atoms with Gasteiger partial charge in [0.15, 0.2) is 0 Å². The van der Waals surface area contributed by atoms with Crippen LogP contribution in [-0.4, -0.2) is 4.98 Å². The average Bonchev–Trinajstić information content (AvgIpc) is 2.86. The number of benzene rings is 1. The van der Waals surface area contributed by atoms with Crippen molar-refractivity contribution in [3.63, 3.8) is 0 Å². The largest absolute Gasteiger partial charge is 0.378 e. The van der Waals surface area contributed by atoms with Crippen LogP contribution in [0.2, 0.25) is 0 Å². The summed E-state index contributed by atoms with van der Waals surface area (Å²) in [5.74, 6) is -0.292. The van der Waals surface area contributed by atoms with Gasteiger partial charge in [0.2, 0.25) is 0 Å². The molecule has 19 heavy (non-hydrogen) atoms. The molecule has 1 aliphatic carbocycles. The Bertz CT molecular complexity index is 595. The van der Waals surface area contributed by atoms with Gasteiger partial charge in [-0.2, -0.15) is 0 Å². The van der Waals surface area contributed by atoms with E-state index in [1.165, 1.54) is 42.7 Å². The zero-order valence-electron chi connectivity index (χ0n) is 11.0. The molecular formula is C16H17FN2. The van der Waals surface area contributed by atoms with Crippen molar-refractivity contribution in [2.75, 3.05) is 5.32 Å². The summed E-state index contributed by atoms with van der Waals surface area (Å²) >= 11 is 0. The molecule has 0 fully saturated rings. The molecule has 98 valence electrons. The lowest BCUT2D eigenvalue weighted by Crippen LogP contribution is -2.07. The smallest absolute Gasteiger partial charge is 0.141 e. The fourth-order valence-electron chi connectivity index (χ4n) is 2.66. The Labute approximate surface area is 112 Å². The molecule has 0 radical (unpaired) electrons. The van der Waals surface area contributed by atoms with Gasteiger partial charge in [0.1, 0.15) is 5.82 Å². The van der Waals surface area contributed by atoms with Crippen molar-refractivity contribution in [1.82, 2.24) is 4.98 Å². The van der Waals surface area contributed by atoms with Crippen molar-refractivity contribution in [3.05, 3.63) is 59.2 Å². The molecule has 0 saturated carbocycles. The van der Waals surface area contributed by atoms with Crippen molar-refractivity contribution in [3.8, 4) is 0 Å². The van der Waals surface area contributed by atoms with Gasteiger partial charge < -0.3 is 5.32 Å². The van der Waals surface area contributed by atoms with E-state index < -0.39 is 0 Å². The Morgan fingerprint density at radius 3 is 2.84 bits per heavy atom. The number of aryl methyl sites for hydroxylation is 2. The number of nitrogens with zero attached hydrogens (tertiary/aromatic N) is 1. The molecule has 3 heteroatoms. The van der Waals surface area contributed by atoms with Crippen molar-refractivity contribution in [2.24, 2.45) is 0 Å². The maximum atomic E-state index is 13.2. The molecule has 0 saturated heterocycles. The van der Waals surface area contributed by atoms with Crippen LogP contribution in [-0.2, 0) is 12.8 Å². The van der Waals surface area contributed by atoms with Crippen molar-refractivity contribution >= 4 is 5.69 Å². The summed E-state index contributed by atoms with van der Waals surface area (Å²) < 4.78 is 13.2. The summed E-state index contributed by atoms with van der Waals surface area (Å²) in [6.45, 7) is 2.02. The van der Waals surface area contributed by atoms with E-state index in [4.69, 9.17) is 0 Å². The van der Waals surface area contributed by atoms with E-state index >= 15 is 0 Å². The number of nitrogens with one attached hydrogen (secondary N) is 1. The molecule has 2 aromatic rings. The first-order chi connectivity index (χ1) is 9.22. The fourth-order valence-corrected chi connectivity index (χ4v) is 2.66. The lowest BCUT2D eigenvalue weighted by atomic mass is 10.1. The van der Waals surface area contributed by atoms with Crippen molar-refractivity contribution in [1.29, 1.82) is 0 Å².